The third-order valence-corrected chi connectivity index (χ3v) is 2.74. The lowest BCUT2D eigenvalue weighted by Gasteiger charge is -2.12. The molecule has 2 rings (SSSR count). The topological polar surface area (TPSA) is 88.8 Å². The van der Waals surface area contributed by atoms with E-state index < -0.39 is 0 Å². The van der Waals surface area contributed by atoms with E-state index in [9.17, 15) is 0 Å². The second-order valence-corrected chi connectivity index (χ2v) is 4.11. The molecule has 6 nitrogen and oxygen atoms in total. The average Bonchev–Trinajstić information content (AvgIpc) is 2.92. The highest BCUT2D eigenvalue weighted by atomic mass is 16.5. The maximum Gasteiger partial charge on any atom is 0.144 e. The van der Waals surface area contributed by atoms with Gasteiger partial charge in [0.1, 0.15) is 17.9 Å². The highest BCUT2D eigenvalue weighted by Gasteiger charge is 2.05. The molecule has 0 bridgehead atoms. The van der Waals surface area contributed by atoms with E-state index in [0.717, 1.165) is 36.6 Å². The molecular formula is C13H19N5O. The molecule has 0 radical (unpaired) electrons. The van der Waals surface area contributed by atoms with Crippen molar-refractivity contribution in [3.63, 3.8) is 0 Å². The smallest absolute Gasteiger partial charge is 0.144 e. The zero-order valence-electron chi connectivity index (χ0n) is 11.0. The first kappa shape index (κ1) is 13.2. The summed E-state index contributed by atoms with van der Waals surface area (Å²) >= 11 is 0. The summed E-state index contributed by atoms with van der Waals surface area (Å²) in [6, 6.07) is 5.75. The van der Waals surface area contributed by atoms with E-state index in [0.29, 0.717) is 12.3 Å². The first-order valence-corrected chi connectivity index (χ1v) is 6.40. The molecule has 102 valence electrons. The Kier molecular flexibility index (Phi) is 4.60. The van der Waals surface area contributed by atoms with Crippen molar-refractivity contribution in [2.75, 3.05) is 24.2 Å². The van der Waals surface area contributed by atoms with Gasteiger partial charge in [-0.3, -0.25) is 5.10 Å². The Hall–Kier alpha value is -2.24. The molecule has 0 saturated carbocycles. The van der Waals surface area contributed by atoms with E-state index in [1.165, 1.54) is 6.33 Å². The van der Waals surface area contributed by atoms with Gasteiger partial charge in [-0.25, -0.2) is 4.98 Å². The predicted molar refractivity (Wildman–Crippen MR) is 75.2 cm³/mol. The van der Waals surface area contributed by atoms with Crippen LogP contribution in [0.15, 0.2) is 24.5 Å². The molecule has 1 heterocycles. The second-order valence-electron chi connectivity index (χ2n) is 4.11. The summed E-state index contributed by atoms with van der Waals surface area (Å²) in [4.78, 5) is 4.08. The molecule has 0 spiro atoms. The molecule has 0 fully saturated rings. The third kappa shape index (κ3) is 3.61. The van der Waals surface area contributed by atoms with Crippen molar-refractivity contribution >= 4 is 11.4 Å². The molecule has 19 heavy (non-hydrogen) atoms. The largest absolute Gasteiger partial charge is 0.492 e. The molecule has 0 aliphatic carbocycles. The summed E-state index contributed by atoms with van der Waals surface area (Å²) in [5.41, 5.74) is 7.59. The molecule has 1 aromatic heterocycles. The fraction of sp³-hybridized carbons (Fsp3) is 0.385. The van der Waals surface area contributed by atoms with Gasteiger partial charge in [-0.15, -0.1) is 0 Å². The van der Waals surface area contributed by atoms with Crippen molar-refractivity contribution in [1.29, 1.82) is 0 Å². The number of para-hydroxylation sites is 1. The van der Waals surface area contributed by atoms with E-state index in [1.54, 1.807) is 0 Å². The first-order chi connectivity index (χ1) is 9.31. The van der Waals surface area contributed by atoms with Gasteiger partial charge in [0.05, 0.1) is 18.0 Å². The molecular weight excluding hydrogens is 242 g/mol. The quantitative estimate of drug-likeness (QED) is 0.522. The maximum absolute atomic E-state index is 6.03. The van der Waals surface area contributed by atoms with Crippen molar-refractivity contribution in [1.82, 2.24) is 15.2 Å². The van der Waals surface area contributed by atoms with Crippen molar-refractivity contribution in [2.24, 2.45) is 0 Å². The molecule has 2 aromatic rings. The molecule has 0 unspecified atom stereocenters. The van der Waals surface area contributed by atoms with Gasteiger partial charge in [-0.2, -0.15) is 5.10 Å². The van der Waals surface area contributed by atoms with Gasteiger partial charge < -0.3 is 15.8 Å². The van der Waals surface area contributed by atoms with E-state index in [4.69, 9.17) is 10.5 Å². The Morgan fingerprint density at radius 1 is 1.42 bits per heavy atom. The minimum absolute atomic E-state index is 0.610. The number of aryl methyl sites for hydroxylation is 1. The molecule has 0 saturated heterocycles. The van der Waals surface area contributed by atoms with E-state index >= 15 is 0 Å². The number of nitrogens with one attached hydrogen (secondary N) is 2. The Labute approximate surface area is 112 Å². The Morgan fingerprint density at radius 2 is 2.32 bits per heavy atom. The molecule has 0 aliphatic heterocycles. The molecule has 0 atom stereocenters. The Morgan fingerprint density at radius 3 is 3.05 bits per heavy atom. The van der Waals surface area contributed by atoms with Crippen LogP contribution in [0.2, 0.25) is 0 Å². The van der Waals surface area contributed by atoms with Crippen LogP contribution in [0.25, 0.3) is 0 Å². The number of anilines is 2. The molecule has 4 N–H and O–H groups in total. The number of aromatic nitrogens is 3. The minimum atomic E-state index is 0.610. The number of hydrogen-bond donors (Lipinski definition) is 3. The number of nitrogen functional groups attached to an aromatic ring is 1. The monoisotopic (exact) mass is 261 g/mol. The van der Waals surface area contributed by atoms with Crippen LogP contribution in [0.4, 0.5) is 11.4 Å². The standard InChI is InChI=1S/C13H19N5O/c1-2-19-11-6-3-5-10(13(11)14)15-8-4-7-12-16-9-17-18-12/h3,5-6,9,15H,2,4,7-8,14H2,1H3,(H,16,17,18). The SMILES string of the molecule is CCOc1cccc(NCCCc2ncn[nH]2)c1N. The van der Waals surface area contributed by atoms with Gasteiger partial charge in [0.2, 0.25) is 0 Å². The average molecular weight is 261 g/mol. The lowest BCUT2D eigenvalue weighted by atomic mass is 10.2. The number of nitrogens with two attached hydrogens (primary N) is 1. The van der Waals surface area contributed by atoms with Crippen LogP contribution in [-0.4, -0.2) is 28.3 Å². The van der Waals surface area contributed by atoms with Crippen LogP contribution >= 0.6 is 0 Å². The fourth-order valence-corrected chi connectivity index (χ4v) is 1.81. The minimum Gasteiger partial charge on any atom is -0.492 e. The summed E-state index contributed by atoms with van der Waals surface area (Å²) in [6.45, 7) is 3.37. The van der Waals surface area contributed by atoms with Gasteiger partial charge in [0.25, 0.3) is 0 Å². The van der Waals surface area contributed by atoms with Crippen molar-refractivity contribution in [2.45, 2.75) is 19.8 Å². The fourth-order valence-electron chi connectivity index (χ4n) is 1.81. The van der Waals surface area contributed by atoms with Crippen LogP contribution in [0.1, 0.15) is 19.2 Å². The lowest BCUT2D eigenvalue weighted by molar-refractivity contribution is 0.342. The van der Waals surface area contributed by atoms with Crippen LogP contribution < -0.4 is 15.8 Å². The number of H-pyrrole nitrogens is 1. The van der Waals surface area contributed by atoms with Crippen LogP contribution in [0, 0.1) is 0 Å². The number of hydrogen-bond acceptors (Lipinski definition) is 5. The molecule has 0 amide bonds. The number of aromatic amines is 1. The van der Waals surface area contributed by atoms with Crippen LogP contribution in [0.5, 0.6) is 5.75 Å². The summed E-state index contributed by atoms with van der Waals surface area (Å²) in [5, 5.41) is 9.96. The molecule has 1 aromatic carbocycles. The third-order valence-electron chi connectivity index (χ3n) is 2.74. The van der Waals surface area contributed by atoms with Gasteiger partial charge >= 0.3 is 0 Å². The van der Waals surface area contributed by atoms with Gasteiger partial charge in [-0.05, 0) is 25.5 Å². The Balaban J connectivity index is 1.83. The van der Waals surface area contributed by atoms with Gasteiger partial charge in [0, 0.05) is 13.0 Å². The molecule has 6 heteroatoms. The zero-order chi connectivity index (χ0) is 13.5. The van der Waals surface area contributed by atoms with Gasteiger partial charge in [0.15, 0.2) is 0 Å². The maximum atomic E-state index is 6.03. The normalized spacial score (nSPS) is 10.4. The summed E-state index contributed by atoms with van der Waals surface area (Å²) in [5.74, 6) is 1.63. The number of rotatable bonds is 7. The number of nitrogens with zero attached hydrogens (tertiary/aromatic N) is 2. The summed E-state index contributed by atoms with van der Waals surface area (Å²) < 4.78 is 5.45. The molecule has 0 aliphatic rings. The van der Waals surface area contributed by atoms with Crippen LogP contribution in [0.3, 0.4) is 0 Å². The van der Waals surface area contributed by atoms with E-state index in [2.05, 4.69) is 20.5 Å². The highest BCUT2D eigenvalue weighted by molar-refractivity contribution is 5.72. The van der Waals surface area contributed by atoms with E-state index in [-0.39, 0.29) is 0 Å². The predicted octanol–water partition coefficient (Wildman–Crippen LogP) is 1.83. The number of benzene rings is 1. The van der Waals surface area contributed by atoms with Crippen LogP contribution in [-0.2, 0) is 6.42 Å². The first-order valence-electron chi connectivity index (χ1n) is 6.40. The van der Waals surface area contributed by atoms with Crippen molar-refractivity contribution in [3.05, 3.63) is 30.4 Å². The summed E-state index contributed by atoms with van der Waals surface area (Å²) in [6.07, 6.45) is 3.33. The summed E-state index contributed by atoms with van der Waals surface area (Å²) in [7, 11) is 0. The van der Waals surface area contributed by atoms with E-state index in [1.807, 2.05) is 25.1 Å². The van der Waals surface area contributed by atoms with Gasteiger partial charge in [-0.1, -0.05) is 6.07 Å². The highest BCUT2D eigenvalue weighted by Crippen LogP contribution is 2.29. The Bertz CT molecular complexity index is 498. The lowest BCUT2D eigenvalue weighted by Crippen LogP contribution is -2.07. The van der Waals surface area contributed by atoms with Crippen molar-refractivity contribution in [3.8, 4) is 5.75 Å². The van der Waals surface area contributed by atoms with Crippen molar-refractivity contribution < 1.29 is 4.74 Å². The number of ether oxygens (including phenoxy) is 1. The second kappa shape index (κ2) is 6.63. The zero-order valence-corrected chi connectivity index (χ0v) is 11.0.